The molecule has 0 heterocycles. The molecule has 0 bridgehead atoms. The zero-order valence-corrected chi connectivity index (χ0v) is 10.4. The van der Waals surface area contributed by atoms with Gasteiger partial charge in [-0.2, -0.15) is 0 Å². The van der Waals surface area contributed by atoms with Gasteiger partial charge in [-0.05, 0) is 6.07 Å². The second-order valence-electron chi connectivity index (χ2n) is 4.05. The number of rotatable bonds is 5. The fourth-order valence-corrected chi connectivity index (χ4v) is 1.44. The van der Waals surface area contributed by atoms with E-state index in [-0.39, 0.29) is 36.7 Å². The molecule has 0 spiro atoms. The van der Waals surface area contributed by atoms with Crippen molar-refractivity contribution in [1.82, 2.24) is 4.90 Å². The van der Waals surface area contributed by atoms with Crippen molar-refractivity contribution >= 4 is 11.7 Å². The van der Waals surface area contributed by atoms with Crippen molar-refractivity contribution in [2.45, 2.75) is 12.8 Å². The predicted octanol–water partition coefficient (Wildman–Crippen LogP) is 1.10. The third kappa shape index (κ3) is 4.20. The van der Waals surface area contributed by atoms with Gasteiger partial charge < -0.3 is 15.8 Å². The molecule has 0 fully saturated rings. The number of hydrogen-bond donors (Lipinski definition) is 2. The molecule has 1 rings (SSSR count). The topological polar surface area (TPSA) is 78.9 Å². The van der Waals surface area contributed by atoms with Crippen LogP contribution in [0.25, 0.3) is 0 Å². The van der Waals surface area contributed by atoms with E-state index in [1.54, 1.807) is 0 Å². The third-order valence-corrected chi connectivity index (χ3v) is 2.63. The van der Waals surface area contributed by atoms with E-state index in [0.29, 0.717) is 0 Å². The lowest BCUT2D eigenvalue weighted by molar-refractivity contribution is -0.129. The first-order chi connectivity index (χ1) is 8.95. The lowest BCUT2D eigenvalue weighted by atomic mass is 10.1. The number of carbonyl (C=O) groups excluding carboxylic acids is 1. The van der Waals surface area contributed by atoms with Gasteiger partial charge in [0.2, 0.25) is 5.91 Å². The molecule has 1 amide bonds. The summed E-state index contributed by atoms with van der Waals surface area (Å²) >= 11 is 0. The van der Waals surface area contributed by atoms with E-state index in [4.69, 9.17) is 10.9 Å². The summed E-state index contributed by atoms with van der Waals surface area (Å²) in [5.41, 5.74) is 5.27. The molecule has 0 radical (unpaired) electrons. The lowest BCUT2D eigenvalue weighted by Crippen LogP contribution is -2.31. The van der Waals surface area contributed by atoms with Crippen LogP contribution in [0.15, 0.2) is 23.4 Å². The van der Waals surface area contributed by atoms with Gasteiger partial charge in [-0.15, -0.1) is 0 Å². The summed E-state index contributed by atoms with van der Waals surface area (Å²) < 4.78 is 26.3. The molecule has 0 aliphatic carbocycles. The van der Waals surface area contributed by atoms with Gasteiger partial charge in [-0.1, -0.05) is 17.3 Å². The minimum atomic E-state index is -1.01. The van der Waals surface area contributed by atoms with Crippen molar-refractivity contribution in [2.24, 2.45) is 10.9 Å². The minimum Gasteiger partial charge on any atom is -0.409 e. The second-order valence-corrected chi connectivity index (χ2v) is 4.05. The summed E-state index contributed by atoms with van der Waals surface area (Å²) in [7, 11) is 1.50. The van der Waals surface area contributed by atoms with Crippen molar-refractivity contribution in [3.63, 3.8) is 0 Å². The average molecular weight is 271 g/mol. The van der Waals surface area contributed by atoms with Crippen LogP contribution in [0.3, 0.4) is 0 Å². The van der Waals surface area contributed by atoms with Crippen molar-refractivity contribution in [1.29, 1.82) is 0 Å². The molecule has 0 aliphatic rings. The maximum absolute atomic E-state index is 13.4. The van der Waals surface area contributed by atoms with Gasteiger partial charge >= 0.3 is 0 Å². The Labute approximate surface area is 109 Å². The smallest absolute Gasteiger partial charge is 0.226 e. The first kappa shape index (κ1) is 14.9. The third-order valence-electron chi connectivity index (χ3n) is 2.63. The molecule has 0 aliphatic heterocycles. The van der Waals surface area contributed by atoms with Crippen LogP contribution in [0.4, 0.5) is 8.78 Å². The van der Waals surface area contributed by atoms with Gasteiger partial charge in [-0.25, -0.2) is 8.78 Å². The van der Waals surface area contributed by atoms with Crippen LogP contribution < -0.4 is 5.73 Å². The zero-order valence-electron chi connectivity index (χ0n) is 10.4. The summed E-state index contributed by atoms with van der Waals surface area (Å²) in [5, 5.41) is 11.1. The molecular weight excluding hydrogens is 256 g/mol. The number of amides is 1. The number of halogens is 2. The number of hydrogen-bond acceptors (Lipinski definition) is 3. The first-order valence-corrected chi connectivity index (χ1v) is 5.59. The number of likely N-dealkylation sites (N-methyl/N-ethyl adjacent to an activating group) is 1. The number of nitrogens with zero attached hydrogens (tertiary/aromatic N) is 2. The zero-order chi connectivity index (χ0) is 14.4. The Morgan fingerprint density at radius 2 is 2.16 bits per heavy atom. The summed E-state index contributed by atoms with van der Waals surface area (Å²) in [6.45, 7) is 0.228. The Morgan fingerprint density at radius 3 is 2.79 bits per heavy atom. The Balaban J connectivity index is 2.61. The highest BCUT2D eigenvalue weighted by atomic mass is 19.2. The standard InChI is InChI=1S/C12H15F2N3O2/c1-17(6-5-10(15)16-19)11(18)7-8-3-2-4-9(13)12(8)14/h2-4,19H,5-7H2,1H3,(H2,15,16). The second kappa shape index (κ2) is 6.67. The van der Waals surface area contributed by atoms with Crippen LogP contribution in [-0.4, -0.2) is 35.4 Å². The predicted molar refractivity (Wildman–Crippen MR) is 65.7 cm³/mol. The van der Waals surface area contributed by atoms with Gasteiger partial charge in [0.1, 0.15) is 5.84 Å². The van der Waals surface area contributed by atoms with Gasteiger partial charge in [0.05, 0.1) is 6.42 Å². The number of amidine groups is 1. The summed E-state index contributed by atoms with van der Waals surface area (Å²) in [4.78, 5) is 13.1. The number of nitrogens with two attached hydrogens (primary N) is 1. The molecule has 5 nitrogen and oxygen atoms in total. The fourth-order valence-electron chi connectivity index (χ4n) is 1.44. The number of benzene rings is 1. The average Bonchev–Trinajstić information content (AvgIpc) is 2.40. The van der Waals surface area contributed by atoms with Crippen LogP contribution in [-0.2, 0) is 11.2 Å². The van der Waals surface area contributed by atoms with Gasteiger partial charge in [0, 0.05) is 25.6 Å². The lowest BCUT2D eigenvalue weighted by Gasteiger charge is -2.16. The molecule has 7 heteroatoms. The maximum atomic E-state index is 13.4. The summed E-state index contributed by atoms with van der Waals surface area (Å²) in [6, 6.07) is 3.69. The Bertz CT molecular complexity index is 492. The van der Waals surface area contributed by atoms with E-state index in [0.717, 1.165) is 6.07 Å². The van der Waals surface area contributed by atoms with Crippen LogP contribution in [0, 0.1) is 11.6 Å². The van der Waals surface area contributed by atoms with Crippen molar-refractivity contribution < 1.29 is 18.8 Å². The monoisotopic (exact) mass is 271 g/mol. The Hall–Kier alpha value is -2.18. The molecule has 3 N–H and O–H groups in total. The molecular formula is C12H15F2N3O2. The van der Waals surface area contributed by atoms with Crippen LogP contribution in [0.2, 0.25) is 0 Å². The van der Waals surface area contributed by atoms with Crippen molar-refractivity contribution in [3.05, 3.63) is 35.4 Å². The van der Waals surface area contributed by atoms with E-state index in [1.165, 1.54) is 24.1 Å². The Kier molecular flexibility index (Phi) is 5.23. The van der Waals surface area contributed by atoms with E-state index in [2.05, 4.69) is 5.16 Å². The van der Waals surface area contributed by atoms with Crippen LogP contribution in [0.5, 0.6) is 0 Å². The van der Waals surface area contributed by atoms with Crippen molar-refractivity contribution in [2.75, 3.05) is 13.6 Å². The van der Waals surface area contributed by atoms with Crippen molar-refractivity contribution in [3.8, 4) is 0 Å². The van der Waals surface area contributed by atoms with E-state index >= 15 is 0 Å². The minimum absolute atomic E-state index is 0.000599. The quantitative estimate of drug-likeness (QED) is 0.364. The normalized spacial score (nSPS) is 11.4. The number of carbonyl (C=O) groups is 1. The molecule has 0 saturated heterocycles. The maximum Gasteiger partial charge on any atom is 0.226 e. The Morgan fingerprint density at radius 1 is 1.47 bits per heavy atom. The molecule has 0 saturated carbocycles. The van der Waals surface area contributed by atoms with E-state index in [9.17, 15) is 13.6 Å². The van der Waals surface area contributed by atoms with Gasteiger partial charge in [-0.3, -0.25) is 4.79 Å². The first-order valence-electron chi connectivity index (χ1n) is 5.59. The van der Waals surface area contributed by atoms with E-state index in [1.807, 2.05) is 0 Å². The molecule has 104 valence electrons. The fraction of sp³-hybridized carbons (Fsp3) is 0.333. The van der Waals surface area contributed by atoms with Gasteiger partial charge in [0.15, 0.2) is 11.6 Å². The molecule has 1 aromatic rings. The summed E-state index contributed by atoms with van der Waals surface area (Å²) in [6.07, 6.45) is -0.0410. The van der Waals surface area contributed by atoms with Gasteiger partial charge in [0.25, 0.3) is 0 Å². The summed E-state index contributed by atoms with van der Waals surface area (Å²) in [5.74, 6) is -2.38. The molecule has 0 aromatic heterocycles. The van der Waals surface area contributed by atoms with E-state index < -0.39 is 11.6 Å². The largest absolute Gasteiger partial charge is 0.409 e. The van der Waals surface area contributed by atoms with Crippen LogP contribution in [0.1, 0.15) is 12.0 Å². The highest BCUT2D eigenvalue weighted by Gasteiger charge is 2.14. The molecule has 0 unspecified atom stereocenters. The highest BCUT2D eigenvalue weighted by molar-refractivity contribution is 5.82. The molecule has 19 heavy (non-hydrogen) atoms. The SMILES string of the molecule is CN(CCC(N)=NO)C(=O)Cc1cccc(F)c1F. The van der Waals surface area contributed by atoms with Crippen LogP contribution >= 0.6 is 0 Å². The number of oxime groups is 1. The molecule has 1 aromatic carbocycles. The highest BCUT2D eigenvalue weighted by Crippen LogP contribution is 2.12. The molecule has 0 atom stereocenters.